The van der Waals surface area contributed by atoms with Crippen LogP contribution in [0.15, 0.2) is 28.7 Å². The quantitative estimate of drug-likeness (QED) is 0.836. The Kier molecular flexibility index (Phi) is 4.40. The van der Waals surface area contributed by atoms with Crippen LogP contribution in [0.4, 0.5) is 0 Å². The van der Waals surface area contributed by atoms with Gasteiger partial charge in [0.05, 0.1) is 0 Å². The maximum Gasteiger partial charge on any atom is 0.251 e. The molecule has 1 aliphatic rings. The minimum atomic E-state index is -0.368. The number of hydrogen-bond acceptors (Lipinski definition) is 2. The standard InChI is InChI=1S/C14H18BrNO2/c1-10(18-2)14(17)16(12-7-8-12)9-11-5-3-4-6-13(11)15/h3-6,10,12H,7-9H2,1-2H3. The van der Waals surface area contributed by atoms with Crippen molar-refractivity contribution < 1.29 is 9.53 Å². The van der Waals surface area contributed by atoms with Gasteiger partial charge < -0.3 is 9.64 Å². The average Bonchev–Trinajstić information content (AvgIpc) is 3.20. The number of nitrogens with zero attached hydrogens (tertiary/aromatic N) is 1. The number of ether oxygens (including phenoxy) is 1. The Bertz CT molecular complexity index is 432. The highest BCUT2D eigenvalue weighted by Crippen LogP contribution is 2.30. The van der Waals surface area contributed by atoms with E-state index in [-0.39, 0.29) is 12.0 Å². The molecule has 1 aromatic carbocycles. The van der Waals surface area contributed by atoms with E-state index in [0.717, 1.165) is 22.9 Å². The molecule has 18 heavy (non-hydrogen) atoms. The van der Waals surface area contributed by atoms with Crippen LogP contribution in [0, 0.1) is 0 Å². The molecule has 98 valence electrons. The molecular weight excluding hydrogens is 294 g/mol. The summed E-state index contributed by atoms with van der Waals surface area (Å²) < 4.78 is 6.19. The minimum Gasteiger partial charge on any atom is -0.372 e. The molecule has 0 aromatic heterocycles. The zero-order valence-electron chi connectivity index (χ0n) is 10.7. The van der Waals surface area contributed by atoms with Gasteiger partial charge in [-0.2, -0.15) is 0 Å². The summed E-state index contributed by atoms with van der Waals surface area (Å²) in [5.74, 6) is 0.0794. The van der Waals surface area contributed by atoms with E-state index in [0.29, 0.717) is 12.6 Å². The van der Waals surface area contributed by atoms with Gasteiger partial charge in [0, 0.05) is 24.2 Å². The van der Waals surface area contributed by atoms with Crippen molar-refractivity contribution in [2.45, 2.75) is 38.5 Å². The van der Waals surface area contributed by atoms with E-state index in [1.165, 1.54) is 0 Å². The smallest absolute Gasteiger partial charge is 0.251 e. The first-order valence-corrected chi connectivity index (χ1v) is 6.99. The van der Waals surface area contributed by atoms with Gasteiger partial charge in [-0.1, -0.05) is 34.1 Å². The molecule has 2 rings (SSSR count). The third-order valence-corrected chi connectivity index (χ3v) is 4.04. The van der Waals surface area contributed by atoms with Crippen molar-refractivity contribution in [2.24, 2.45) is 0 Å². The molecule has 0 spiro atoms. The molecular formula is C14H18BrNO2. The van der Waals surface area contributed by atoms with Crippen molar-refractivity contribution in [3.05, 3.63) is 34.3 Å². The van der Waals surface area contributed by atoms with E-state index in [9.17, 15) is 4.79 Å². The number of hydrogen-bond donors (Lipinski definition) is 0. The van der Waals surface area contributed by atoms with E-state index in [2.05, 4.69) is 15.9 Å². The third-order valence-electron chi connectivity index (χ3n) is 3.27. The molecule has 0 aliphatic heterocycles. The highest BCUT2D eigenvalue weighted by atomic mass is 79.9. The summed E-state index contributed by atoms with van der Waals surface area (Å²) in [7, 11) is 1.58. The van der Waals surface area contributed by atoms with E-state index >= 15 is 0 Å². The molecule has 0 N–H and O–H groups in total. The van der Waals surface area contributed by atoms with Crippen molar-refractivity contribution in [3.8, 4) is 0 Å². The van der Waals surface area contributed by atoms with Gasteiger partial charge in [0.1, 0.15) is 6.10 Å². The molecule has 0 bridgehead atoms. The number of carbonyl (C=O) groups excluding carboxylic acids is 1. The molecule has 0 saturated heterocycles. The van der Waals surface area contributed by atoms with E-state index in [1.54, 1.807) is 14.0 Å². The average molecular weight is 312 g/mol. The molecule has 1 fully saturated rings. The first-order valence-electron chi connectivity index (χ1n) is 6.20. The van der Waals surface area contributed by atoms with Gasteiger partial charge in [0.25, 0.3) is 5.91 Å². The van der Waals surface area contributed by atoms with Crippen LogP contribution >= 0.6 is 15.9 Å². The predicted molar refractivity (Wildman–Crippen MR) is 74.2 cm³/mol. The highest BCUT2D eigenvalue weighted by Gasteiger charge is 2.34. The van der Waals surface area contributed by atoms with Crippen LogP contribution in [0.3, 0.4) is 0 Å². The van der Waals surface area contributed by atoms with Crippen LogP contribution in [-0.2, 0) is 16.1 Å². The van der Waals surface area contributed by atoms with Gasteiger partial charge >= 0.3 is 0 Å². The topological polar surface area (TPSA) is 29.5 Å². The Labute approximate surface area is 116 Å². The molecule has 0 heterocycles. The maximum absolute atomic E-state index is 12.3. The molecule has 0 radical (unpaired) electrons. The maximum atomic E-state index is 12.3. The second-order valence-electron chi connectivity index (χ2n) is 4.67. The molecule has 4 heteroatoms. The van der Waals surface area contributed by atoms with Crippen molar-refractivity contribution in [1.82, 2.24) is 4.90 Å². The fourth-order valence-corrected chi connectivity index (χ4v) is 2.33. The Morgan fingerprint density at radius 3 is 2.72 bits per heavy atom. The fraction of sp³-hybridized carbons (Fsp3) is 0.500. The number of halogens is 1. The number of benzene rings is 1. The lowest BCUT2D eigenvalue weighted by molar-refractivity contribution is -0.142. The molecule has 1 aromatic rings. The van der Waals surface area contributed by atoms with Crippen molar-refractivity contribution >= 4 is 21.8 Å². The second kappa shape index (κ2) is 5.85. The van der Waals surface area contributed by atoms with Gasteiger partial charge in [-0.3, -0.25) is 4.79 Å². The summed E-state index contributed by atoms with van der Waals surface area (Å²) in [4.78, 5) is 14.2. The lowest BCUT2D eigenvalue weighted by Crippen LogP contribution is -2.39. The van der Waals surface area contributed by atoms with Crippen LogP contribution < -0.4 is 0 Å². The summed E-state index contributed by atoms with van der Waals surface area (Å²) >= 11 is 3.53. The number of rotatable bonds is 5. The van der Waals surface area contributed by atoms with Crippen molar-refractivity contribution in [3.63, 3.8) is 0 Å². The molecule has 1 unspecified atom stereocenters. The first-order chi connectivity index (χ1) is 8.63. The van der Waals surface area contributed by atoms with Crippen LogP contribution in [0.1, 0.15) is 25.3 Å². The number of amides is 1. The third kappa shape index (κ3) is 3.12. The lowest BCUT2D eigenvalue weighted by Gasteiger charge is -2.25. The molecule has 3 nitrogen and oxygen atoms in total. The van der Waals surface area contributed by atoms with Gasteiger partial charge in [-0.15, -0.1) is 0 Å². The number of methoxy groups -OCH3 is 1. The Morgan fingerprint density at radius 2 is 2.17 bits per heavy atom. The van der Waals surface area contributed by atoms with Gasteiger partial charge in [0.2, 0.25) is 0 Å². The van der Waals surface area contributed by atoms with Crippen LogP contribution in [0.2, 0.25) is 0 Å². The largest absolute Gasteiger partial charge is 0.372 e. The van der Waals surface area contributed by atoms with Crippen LogP contribution in [0.5, 0.6) is 0 Å². The van der Waals surface area contributed by atoms with Crippen LogP contribution in [-0.4, -0.2) is 30.1 Å². The Morgan fingerprint density at radius 1 is 1.50 bits per heavy atom. The highest BCUT2D eigenvalue weighted by molar-refractivity contribution is 9.10. The Balaban J connectivity index is 2.12. The monoisotopic (exact) mass is 311 g/mol. The van der Waals surface area contributed by atoms with E-state index < -0.39 is 0 Å². The summed E-state index contributed by atoms with van der Waals surface area (Å²) in [5, 5.41) is 0. The fourth-order valence-electron chi connectivity index (χ4n) is 1.92. The molecule has 1 amide bonds. The normalized spacial score (nSPS) is 16.4. The molecule has 1 aliphatic carbocycles. The van der Waals surface area contributed by atoms with Gasteiger partial charge in [-0.05, 0) is 31.4 Å². The van der Waals surface area contributed by atoms with Crippen molar-refractivity contribution in [2.75, 3.05) is 7.11 Å². The summed E-state index contributed by atoms with van der Waals surface area (Å²) in [6, 6.07) is 8.42. The predicted octanol–water partition coefficient (Wildman–Crippen LogP) is 2.98. The lowest BCUT2D eigenvalue weighted by atomic mass is 10.2. The summed E-state index contributed by atoms with van der Waals surface area (Å²) in [6.45, 7) is 2.45. The van der Waals surface area contributed by atoms with Gasteiger partial charge in [0.15, 0.2) is 0 Å². The van der Waals surface area contributed by atoms with E-state index in [4.69, 9.17) is 4.74 Å². The second-order valence-corrected chi connectivity index (χ2v) is 5.52. The zero-order valence-corrected chi connectivity index (χ0v) is 12.3. The van der Waals surface area contributed by atoms with Crippen LogP contribution in [0.25, 0.3) is 0 Å². The first kappa shape index (κ1) is 13.6. The Hall–Kier alpha value is -0.870. The summed E-state index contributed by atoms with van der Waals surface area (Å²) in [6.07, 6.45) is 1.84. The molecule has 1 atom stereocenters. The minimum absolute atomic E-state index is 0.0794. The van der Waals surface area contributed by atoms with Gasteiger partial charge in [-0.25, -0.2) is 0 Å². The zero-order chi connectivity index (χ0) is 13.1. The summed E-state index contributed by atoms with van der Waals surface area (Å²) in [5.41, 5.74) is 1.14. The number of carbonyl (C=O) groups is 1. The SMILES string of the molecule is COC(C)C(=O)N(Cc1ccccc1Br)C1CC1. The molecule has 1 saturated carbocycles. The van der Waals surface area contributed by atoms with Crippen molar-refractivity contribution in [1.29, 1.82) is 0 Å². The van der Waals surface area contributed by atoms with E-state index in [1.807, 2.05) is 29.2 Å².